The van der Waals surface area contributed by atoms with Gasteiger partial charge in [-0.05, 0) is 0 Å². The Morgan fingerprint density at radius 2 is 2.60 bits per heavy atom. The quantitative estimate of drug-likeness (QED) is 0.442. The van der Waals surface area contributed by atoms with Gasteiger partial charge < -0.3 is 10.8 Å². The second kappa shape index (κ2) is 2.41. The number of halogens is 1. The highest BCUT2D eigenvalue weighted by Gasteiger charge is 2.39. The molecule has 0 spiro atoms. The summed E-state index contributed by atoms with van der Waals surface area (Å²) in [4.78, 5) is 12.0. The molecule has 1 rings (SSSR count). The molecular formula is C4H5ClN2O2S. The van der Waals surface area contributed by atoms with E-state index in [0.717, 1.165) is 18.0 Å². The van der Waals surface area contributed by atoms with E-state index in [1.165, 1.54) is 0 Å². The van der Waals surface area contributed by atoms with Crippen LogP contribution in [0.3, 0.4) is 0 Å². The van der Waals surface area contributed by atoms with Gasteiger partial charge in [-0.2, -0.15) is 0 Å². The van der Waals surface area contributed by atoms with E-state index < -0.39 is 15.7 Å². The Balaban J connectivity index is 2.75. The molecular weight excluding hydrogens is 176 g/mol. The molecule has 1 aliphatic heterocycles. The number of nitrogens with zero attached hydrogens (tertiary/aromatic N) is 1. The molecule has 56 valence electrons. The van der Waals surface area contributed by atoms with Crippen LogP contribution in [0.2, 0.25) is 0 Å². The van der Waals surface area contributed by atoms with Gasteiger partial charge in [-0.1, -0.05) is 23.4 Å². The molecule has 0 aromatic heterocycles. The van der Waals surface area contributed by atoms with Crippen LogP contribution in [-0.4, -0.2) is 27.0 Å². The number of carboxylic acids is 1. The number of carboxylic acid groups (broad SMARTS) is 1. The largest absolute Gasteiger partial charge is 0.479 e. The molecule has 0 fully saturated rings. The summed E-state index contributed by atoms with van der Waals surface area (Å²) in [5.74, 6) is -1.12. The van der Waals surface area contributed by atoms with Crippen LogP contribution in [0, 0.1) is 0 Å². The summed E-state index contributed by atoms with van der Waals surface area (Å²) in [6.45, 7) is 0. The maximum Gasteiger partial charge on any atom is 0.340 e. The first-order valence-corrected chi connectivity index (χ1v) is 3.75. The van der Waals surface area contributed by atoms with Crippen LogP contribution >= 0.6 is 23.4 Å². The van der Waals surface area contributed by atoms with Gasteiger partial charge in [0, 0.05) is 6.21 Å². The molecule has 0 aliphatic carbocycles. The Labute approximate surface area is 66.4 Å². The van der Waals surface area contributed by atoms with Crippen molar-refractivity contribution in [1.82, 2.24) is 0 Å². The molecule has 4 nitrogen and oxygen atoms in total. The third-order valence-corrected chi connectivity index (χ3v) is 2.38. The summed E-state index contributed by atoms with van der Waals surface area (Å²) in [7, 11) is 0. The second-order valence-electron chi connectivity index (χ2n) is 1.79. The van der Waals surface area contributed by atoms with Gasteiger partial charge in [-0.15, -0.1) is 0 Å². The monoisotopic (exact) mass is 180 g/mol. The first-order valence-electron chi connectivity index (χ1n) is 2.43. The molecule has 3 N–H and O–H groups in total. The number of thioether (sulfide) groups is 1. The lowest BCUT2D eigenvalue weighted by Crippen LogP contribution is -2.44. The van der Waals surface area contributed by atoms with Gasteiger partial charge >= 0.3 is 5.97 Å². The Morgan fingerprint density at radius 3 is 2.80 bits per heavy atom. The van der Waals surface area contributed by atoms with E-state index in [-0.39, 0.29) is 0 Å². The summed E-state index contributed by atoms with van der Waals surface area (Å²) in [5.41, 5.74) is 5.32. The smallest absolute Gasteiger partial charge is 0.340 e. The zero-order valence-electron chi connectivity index (χ0n) is 4.82. The van der Waals surface area contributed by atoms with E-state index in [2.05, 4.69) is 4.99 Å². The average molecular weight is 181 g/mol. The highest BCUT2D eigenvalue weighted by atomic mass is 35.5. The van der Waals surface area contributed by atoms with Crippen molar-refractivity contribution in [1.29, 1.82) is 0 Å². The number of carbonyl (C=O) groups is 1. The van der Waals surface area contributed by atoms with Gasteiger partial charge in [-0.3, -0.25) is 4.99 Å². The predicted molar refractivity (Wildman–Crippen MR) is 40.3 cm³/mol. The van der Waals surface area contributed by atoms with Crippen LogP contribution in [0.4, 0.5) is 0 Å². The van der Waals surface area contributed by atoms with Crippen LogP contribution < -0.4 is 5.73 Å². The lowest BCUT2D eigenvalue weighted by Gasteiger charge is -2.12. The molecule has 0 aromatic rings. The summed E-state index contributed by atoms with van der Waals surface area (Å²) in [5, 5.41) is 8.49. The first-order chi connectivity index (χ1) is 4.54. The molecule has 0 aromatic carbocycles. The third-order valence-electron chi connectivity index (χ3n) is 1.01. The van der Waals surface area contributed by atoms with E-state index in [0.29, 0.717) is 0 Å². The van der Waals surface area contributed by atoms with Crippen LogP contribution in [0.5, 0.6) is 0 Å². The third kappa shape index (κ3) is 1.25. The van der Waals surface area contributed by atoms with Crippen molar-refractivity contribution in [3.05, 3.63) is 0 Å². The van der Waals surface area contributed by atoms with Crippen molar-refractivity contribution in [2.24, 2.45) is 10.7 Å². The summed E-state index contributed by atoms with van der Waals surface area (Å²) >= 11 is 6.36. The Kier molecular flexibility index (Phi) is 1.89. The molecule has 0 bridgehead atoms. The molecule has 0 saturated heterocycles. The van der Waals surface area contributed by atoms with E-state index >= 15 is 0 Å². The van der Waals surface area contributed by atoms with Crippen LogP contribution in [0.25, 0.3) is 0 Å². The van der Waals surface area contributed by atoms with Gasteiger partial charge in [0.25, 0.3) is 0 Å². The van der Waals surface area contributed by atoms with E-state index in [1.54, 1.807) is 0 Å². The van der Waals surface area contributed by atoms with Gasteiger partial charge in [-0.25, -0.2) is 4.79 Å². The number of rotatable bonds is 1. The van der Waals surface area contributed by atoms with Gasteiger partial charge in [0.05, 0.1) is 0 Å². The van der Waals surface area contributed by atoms with Crippen molar-refractivity contribution >= 4 is 35.5 Å². The standard InChI is InChI=1S/C4H5ClN2O2S/c5-3-7-1-4(6,10-3)2(8)9/h1,3H,6H2,(H,8,9). The maximum absolute atomic E-state index is 10.4. The Bertz CT molecular complexity index is 198. The predicted octanol–water partition coefficient (Wildman–Crippen LogP) is 0.0660. The minimum Gasteiger partial charge on any atom is -0.479 e. The van der Waals surface area contributed by atoms with Gasteiger partial charge in [0.2, 0.25) is 0 Å². The summed E-state index contributed by atoms with van der Waals surface area (Å²) < 4.78 is 0. The second-order valence-corrected chi connectivity index (χ2v) is 3.82. The molecule has 0 amide bonds. The number of hydrogen-bond donors (Lipinski definition) is 2. The van der Waals surface area contributed by atoms with E-state index in [4.69, 9.17) is 22.4 Å². The highest BCUT2D eigenvalue weighted by Crippen LogP contribution is 2.32. The van der Waals surface area contributed by atoms with Crippen molar-refractivity contribution in [2.75, 3.05) is 0 Å². The Morgan fingerprint density at radius 1 is 2.00 bits per heavy atom. The SMILES string of the molecule is NC1(C(=O)O)C=NC(Cl)S1. The first kappa shape index (κ1) is 7.84. The molecule has 2 unspecified atom stereocenters. The van der Waals surface area contributed by atoms with Crippen LogP contribution in [0.15, 0.2) is 4.99 Å². The normalized spacial score (nSPS) is 38.4. The highest BCUT2D eigenvalue weighted by molar-refractivity contribution is 8.04. The molecule has 0 saturated carbocycles. The van der Waals surface area contributed by atoms with Crippen LogP contribution in [-0.2, 0) is 4.79 Å². The van der Waals surface area contributed by atoms with Crippen molar-refractivity contribution in [2.45, 2.75) is 9.70 Å². The molecule has 6 heteroatoms. The zero-order chi connectivity index (χ0) is 7.78. The zero-order valence-corrected chi connectivity index (χ0v) is 6.39. The molecule has 1 aliphatic rings. The van der Waals surface area contributed by atoms with E-state index in [9.17, 15) is 4.79 Å². The minimum absolute atomic E-state index is 0.568. The van der Waals surface area contributed by atoms with Crippen molar-refractivity contribution in [3.63, 3.8) is 0 Å². The lowest BCUT2D eigenvalue weighted by atomic mass is 10.3. The number of alkyl halides is 1. The minimum atomic E-state index is -1.42. The number of hydrogen-bond acceptors (Lipinski definition) is 4. The van der Waals surface area contributed by atoms with Gasteiger partial charge in [0.15, 0.2) is 9.70 Å². The number of aliphatic imine (C=N–C) groups is 1. The molecule has 2 atom stereocenters. The van der Waals surface area contributed by atoms with Crippen molar-refractivity contribution < 1.29 is 9.90 Å². The maximum atomic E-state index is 10.4. The van der Waals surface area contributed by atoms with Crippen LogP contribution in [0.1, 0.15) is 0 Å². The van der Waals surface area contributed by atoms with Gasteiger partial charge in [0.1, 0.15) is 0 Å². The molecule has 0 radical (unpaired) electrons. The summed E-state index contributed by atoms with van der Waals surface area (Å²) in [6.07, 6.45) is 1.15. The van der Waals surface area contributed by atoms with Crippen molar-refractivity contribution in [3.8, 4) is 0 Å². The fourth-order valence-corrected chi connectivity index (χ4v) is 1.66. The molecule has 1 heterocycles. The number of aliphatic carboxylic acids is 1. The number of nitrogens with two attached hydrogens (primary N) is 1. The average Bonchev–Trinajstić information content (AvgIpc) is 2.13. The fourth-order valence-electron chi connectivity index (χ4n) is 0.497. The fraction of sp³-hybridized carbons (Fsp3) is 0.500. The lowest BCUT2D eigenvalue weighted by molar-refractivity contribution is -0.137. The molecule has 10 heavy (non-hydrogen) atoms. The topological polar surface area (TPSA) is 75.7 Å². The van der Waals surface area contributed by atoms with E-state index in [1.807, 2.05) is 0 Å². The Hall–Kier alpha value is -0.260. The summed E-state index contributed by atoms with van der Waals surface area (Å²) in [6, 6.07) is 0.